The Morgan fingerprint density at radius 3 is 2.57 bits per heavy atom. The number of ketones is 1. The van der Waals surface area contributed by atoms with Gasteiger partial charge in [0.05, 0.1) is 18.9 Å². The molecule has 0 atom stereocenters. The Balaban J connectivity index is 2.04. The fourth-order valence-electron chi connectivity index (χ4n) is 1.86. The summed E-state index contributed by atoms with van der Waals surface area (Å²) in [6, 6.07) is 6.80. The third kappa shape index (κ3) is 3.10. The van der Waals surface area contributed by atoms with E-state index in [-0.39, 0.29) is 12.4 Å². The predicted molar refractivity (Wildman–Crippen MR) is 75.6 cm³/mol. The molecule has 0 saturated carbocycles. The van der Waals surface area contributed by atoms with Gasteiger partial charge in [0, 0.05) is 12.7 Å². The lowest BCUT2D eigenvalue weighted by Crippen LogP contribution is -2.15. The number of methoxy groups -OCH3 is 1. The fourth-order valence-corrected chi connectivity index (χ4v) is 1.86. The van der Waals surface area contributed by atoms with Gasteiger partial charge in [-0.05, 0) is 19.1 Å². The van der Waals surface area contributed by atoms with Gasteiger partial charge in [-0.1, -0.05) is 12.1 Å². The van der Waals surface area contributed by atoms with Crippen molar-refractivity contribution in [2.75, 3.05) is 13.7 Å². The van der Waals surface area contributed by atoms with Crippen LogP contribution in [0.1, 0.15) is 26.4 Å². The van der Waals surface area contributed by atoms with Crippen LogP contribution in [-0.4, -0.2) is 35.2 Å². The Morgan fingerprint density at radius 1 is 1.24 bits per heavy atom. The van der Waals surface area contributed by atoms with E-state index in [9.17, 15) is 9.59 Å². The van der Waals surface area contributed by atoms with Crippen molar-refractivity contribution in [2.24, 2.45) is 7.05 Å². The second-order valence-electron chi connectivity index (χ2n) is 4.47. The molecule has 110 valence electrons. The van der Waals surface area contributed by atoms with Gasteiger partial charge in [-0.15, -0.1) is 0 Å². The summed E-state index contributed by atoms with van der Waals surface area (Å²) < 4.78 is 11.7. The van der Waals surface area contributed by atoms with E-state index in [0.29, 0.717) is 22.6 Å². The number of hydrogen-bond donors (Lipinski definition) is 0. The standard InChI is InChI=1S/C15H16N2O4/c1-10-12(8-16-17(10)2)15(19)21-9-13(18)11-6-4-5-7-14(11)20-3/h4-8H,9H2,1-3H3. The molecule has 0 N–H and O–H groups in total. The Hall–Kier alpha value is -2.63. The highest BCUT2D eigenvalue weighted by Crippen LogP contribution is 2.18. The van der Waals surface area contributed by atoms with Gasteiger partial charge in [0.15, 0.2) is 6.61 Å². The van der Waals surface area contributed by atoms with Gasteiger partial charge >= 0.3 is 5.97 Å². The molecule has 0 fully saturated rings. The fraction of sp³-hybridized carbons (Fsp3) is 0.267. The second-order valence-corrected chi connectivity index (χ2v) is 4.47. The van der Waals surface area contributed by atoms with Crippen LogP contribution in [0.15, 0.2) is 30.5 Å². The lowest BCUT2D eigenvalue weighted by atomic mass is 10.1. The molecule has 6 nitrogen and oxygen atoms in total. The average molecular weight is 288 g/mol. The minimum Gasteiger partial charge on any atom is -0.496 e. The van der Waals surface area contributed by atoms with Gasteiger partial charge in [0.25, 0.3) is 0 Å². The summed E-state index contributed by atoms with van der Waals surface area (Å²) in [5.74, 6) is -0.428. The highest BCUT2D eigenvalue weighted by molar-refractivity contribution is 6.01. The molecule has 21 heavy (non-hydrogen) atoms. The highest BCUT2D eigenvalue weighted by Gasteiger charge is 2.18. The predicted octanol–water partition coefficient (Wildman–Crippen LogP) is 1.78. The second kappa shape index (κ2) is 6.21. The summed E-state index contributed by atoms with van der Waals surface area (Å²) >= 11 is 0. The van der Waals surface area contributed by atoms with Crippen molar-refractivity contribution in [3.8, 4) is 5.75 Å². The molecule has 2 rings (SSSR count). The number of ether oxygens (including phenoxy) is 2. The van der Waals surface area contributed by atoms with Crippen molar-refractivity contribution in [3.05, 3.63) is 47.3 Å². The van der Waals surface area contributed by atoms with E-state index in [4.69, 9.17) is 9.47 Å². The summed E-state index contributed by atoms with van der Waals surface area (Å²) in [7, 11) is 3.21. The minimum absolute atomic E-state index is 0.317. The number of hydrogen-bond acceptors (Lipinski definition) is 5. The maximum atomic E-state index is 12.1. The highest BCUT2D eigenvalue weighted by atomic mass is 16.5. The molecule has 0 aliphatic heterocycles. The quantitative estimate of drug-likeness (QED) is 0.619. The minimum atomic E-state index is -0.566. The molecule has 0 amide bonds. The number of rotatable bonds is 5. The first-order valence-corrected chi connectivity index (χ1v) is 6.36. The van der Waals surface area contributed by atoms with Gasteiger partial charge in [0.1, 0.15) is 11.3 Å². The van der Waals surface area contributed by atoms with Crippen LogP contribution >= 0.6 is 0 Å². The third-order valence-electron chi connectivity index (χ3n) is 3.20. The van der Waals surface area contributed by atoms with Crippen molar-refractivity contribution < 1.29 is 19.1 Å². The summed E-state index contributed by atoms with van der Waals surface area (Å²) in [5, 5.41) is 3.96. The molecule has 2 aromatic rings. The van der Waals surface area contributed by atoms with Gasteiger partial charge in [-0.3, -0.25) is 9.48 Å². The maximum absolute atomic E-state index is 12.1. The topological polar surface area (TPSA) is 70.4 Å². The van der Waals surface area contributed by atoms with Crippen LogP contribution in [0.2, 0.25) is 0 Å². The molecule has 1 heterocycles. The van der Waals surface area contributed by atoms with E-state index in [1.807, 2.05) is 0 Å². The van der Waals surface area contributed by atoms with Crippen molar-refractivity contribution >= 4 is 11.8 Å². The van der Waals surface area contributed by atoms with Crippen molar-refractivity contribution in [2.45, 2.75) is 6.92 Å². The molecule has 0 spiro atoms. The zero-order chi connectivity index (χ0) is 15.4. The summed E-state index contributed by atoms with van der Waals surface area (Å²) in [6.07, 6.45) is 1.42. The molecule has 0 radical (unpaired) electrons. The van der Waals surface area contributed by atoms with Gasteiger partial charge in [-0.25, -0.2) is 4.79 Å². The van der Waals surface area contributed by atoms with Crippen LogP contribution in [0.25, 0.3) is 0 Å². The molecule has 0 saturated heterocycles. The lowest BCUT2D eigenvalue weighted by Gasteiger charge is -2.07. The van der Waals surface area contributed by atoms with Gasteiger partial charge in [0.2, 0.25) is 5.78 Å². The zero-order valence-corrected chi connectivity index (χ0v) is 12.1. The Labute approximate surface area is 122 Å². The van der Waals surface area contributed by atoms with E-state index >= 15 is 0 Å². The molecule has 0 aliphatic rings. The summed E-state index contributed by atoms with van der Waals surface area (Å²) in [4.78, 5) is 24.0. The SMILES string of the molecule is COc1ccccc1C(=O)COC(=O)c1cnn(C)c1C. The van der Waals surface area contributed by atoms with Crippen LogP contribution < -0.4 is 4.74 Å². The molecular weight excluding hydrogens is 272 g/mol. The number of aromatic nitrogens is 2. The molecule has 0 unspecified atom stereocenters. The average Bonchev–Trinajstić information content (AvgIpc) is 2.84. The molecule has 0 aliphatic carbocycles. The first-order chi connectivity index (χ1) is 10.0. The molecule has 1 aromatic carbocycles. The third-order valence-corrected chi connectivity index (χ3v) is 3.20. The van der Waals surface area contributed by atoms with Crippen LogP contribution in [0, 0.1) is 6.92 Å². The maximum Gasteiger partial charge on any atom is 0.342 e. The Morgan fingerprint density at radius 2 is 1.95 bits per heavy atom. The first-order valence-electron chi connectivity index (χ1n) is 6.36. The van der Waals surface area contributed by atoms with Gasteiger partial charge in [-0.2, -0.15) is 5.10 Å². The van der Waals surface area contributed by atoms with E-state index in [2.05, 4.69) is 5.10 Å². The van der Waals surface area contributed by atoms with E-state index < -0.39 is 5.97 Å². The number of para-hydroxylation sites is 1. The number of benzene rings is 1. The number of carbonyl (C=O) groups is 2. The lowest BCUT2D eigenvalue weighted by molar-refractivity contribution is 0.0473. The first kappa shape index (κ1) is 14.8. The molecule has 0 bridgehead atoms. The number of aryl methyl sites for hydroxylation is 1. The van der Waals surface area contributed by atoms with Crippen molar-refractivity contribution in [1.82, 2.24) is 9.78 Å². The van der Waals surface area contributed by atoms with Crippen molar-refractivity contribution in [3.63, 3.8) is 0 Å². The monoisotopic (exact) mass is 288 g/mol. The smallest absolute Gasteiger partial charge is 0.342 e. The molecule has 6 heteroatoms. The number of nitrogens with zero attached hydrogens (tertiary/aromatic N) is 2. The van der Waals surface area contributed by atoms with Gasteiger partial charge < -0.3 is 9.47 Å². The Bertz CT molecular complexity index is 676. The van der Waals surface area contributed by atoms with E-state index in [1.165, 1.54) is 13.3 Å². The molecular formula is C15H16N2O4. The number of esters is 1. The summed E-state index contributed by atoms with van der Waals surface area (Å²) in [5.41, 5.74) is 1.42. The molecule has 1 aromatic heterocycles. The Kier molecular flexibility index (Phi) is 4.37. The normalized spacial score (nSPS) is 10.2. The zero-order valence-electron chi connectivity index (χ0n) is 12.1. The summed E-state index contributed by atoms with van der Waals surface area (Å²) in [6.45, 7) is 1.42. The van der Waals surface area contributed by atoms with Crippen LogP contribution in [0.3, 0.4) is 0 Å². The van der Waals surface area contributed by atoms with E-state index in [1.54, 1.807) is 42.9 Å². The van der Waals surface area contributed by atoms with Crippen LogP contribution in [0.4, 0.5) is 0 Å². The largest absolute Gasteiger partial charge is 0.496 e. The van der Waals surface area contributed by atoms with Crippen LogP contribution in [0.5, 0.6) is 5.75 Å². The van der Waals surface area contributed by atoms with E-state index in [0.717, 1.165) is 0 Å². The van der Waals surface area contributed by atoms with Crippen molar-refractivity contribution in [1.29, 1.82) is 0 Å². The van der Waals surface area contributed by atoms with Crippen LogP contribution in [-0.2, 0) is 11.8 Å². The number of carbonyl (C=O) groups excluding carboxylic acids is 2. The number of Topliss-reactive ketones (excluding diaryl/α,β-unsaturated/α-hetero) is 1.